The van der Waals surface area contributed by atoms with Crippen LogP contribution in [-0.4, -0.2) is 34.2 Å². The highest BCUT2D eigenvalue weighted by molar-refractivity contribution is 5.99. The number of nitriles is 1. The van der Waals surface area contributed by atoms with Gasteiger partial charge in [-0.25, -0.2) is 4.68 Å². The standard InChI is InChI=1S/C22H26N6O2/c23-13-22(10-11-22)14-25-20(29)16-8-4-5-9-18(16)27-21(30)17-12-26-28(19(17)24)15-6-2-1-3-7-15/h1-3,6-7,12,16,18H,4-5,8-11,14,24H2,(H,25,29)(H,27,30)/t16-,18+/m1/s1. The molecule has 0 aliphatic heterocycles. The Morgan fingerprint density at radius 1 is 1.23 bits per heavy atom. The average molecular weight is 406 g/mol. The second-order valence-electron chi connectivity index (χ2n) is 8.27. The molecule has 2 aromatic rings. The van der Waals surface area contributed by atoms with Gasteiger partial charge in [0.05, 0.1) is 29.3 Å². The van der Waals surface area contributed by atoms with Crippen molar-refractivity contribution in [3.8, 4) is 11.8 Å². The lowest BCUT2D eigenvalue weighted by Crippen LogP contribution is -2.49. The van der Waals surface area contributed by atoms with E-state index in [0.717, 1.165) is 44.2 Å². The van der Waals surface area contributed by atoms with Crippen molar-refractivity contribution in [1.29, 1.82) is 5.26 Å². The number of nitrogens with one attached hydrogen (secondary N) is 2. The Balaban J connectivity index is 1.43. The van der Waals surface area contributed by atoms with E-state index in [1.54, 1.807) is 0 Å². The fourth-order valence-electron chi connectivity index (χ4n) is 4.04. The summed E-state index contributed by atoms with van der Waals surface area (Å²) in [7, 11) is 0. The Bertz CT molecular complexity index is 973. The Morgan fingerprint density at radius 2 is 1.97 bits per heavy atom. The van der Waals surface area contributed by atoms with Crippen molar-refractivity contribution >= 4 is 17.6 Å². The molecule has 2 aliphatic carbocycles. The lowest BCUT2D eigenvalue weighted by Gasteiger charge is -2.31. The normalized spacial score (nSPS) is 22.0. The molecule has 1 aromatic carbocycles. The van der Waals surface area contributed by atoms with Gasteiger partial charge in [-0.2, -0.15) is 10.4 Å². The van der Waals surface area contributed by atoms with Gasteiger partial charge in [-0.15, -0.1) is 0 Å². The maximum atomic E-state index is 12.9. The SMILES string of the molecule is N#CC1(CNC(=O)[C@@H]2CCCC[C@@H]2NC(=O)c2cnn(-c3ccccc3)c2N)CC1. The highest BCUT2D eigenvalue weighted by atomic mass is 16.2. The summed E-state index contributed by atoms with van der Waals surface area (Å²) < 4.78 is 1.52. The summed E-state index contributed by atoms with van der Waals surface area (Å²) in [4.78, 5) is 25.7. The second kappa shape index (κ2) is 8.19. The van der Waals surface area contributed by atoms with E-state index in [4.69, 9.17) is 5.73 Å². The van der Waals surface area contributed by atoms with Gasteiger partial charge in [0.1, 0.15) is 11.4 Å². The van der Waals surface area contributed by atoms with Crippen molar-refractivity contribution in [3.05, 3.63) is 42.1 Å². The van der Waals surface area contributed by atoms with Crippen LogP contribution in [0.5, 0.6) is 0 Å². The monoisotopic (exact) mass is 406 g/mol. The molecule has 0 spiro atoms. The number of nitrogens with zero attached hydrogens (tertiary/aromatic N) is 3. The van der Waals surface area contributed by atoms with Crippen LogP contribution in [0.25, 0.3) is 5.69 Å². The minimum Gasteiger partial charge on any atom is -0.383 e. The number of carbonyl (C=O) groups is 2. The first-order valence-corrected chi connectivity index (χ1v) is 10.4. The molecule has 2 saturated carbocycles. The van der Waals surface area contributed by atoms with Gasteiger partial charge in [-0.05, 0) is 37.8 Å². The van der Waals surface area contributed by atoms with Crippen molar-refractivity contribution in [2.75, 3.05) is 12.3 Å². The summed E-state index contributed by atoms with van der Waals surface area (Å²) in [5, 5.41) is 19.4. The molecule has 2 atom stereocenters. The molecule has 30 heavy (non-hydrogen) atoms. The number of rotatable bonds is 6. The summed E-state index contributed by atoms with van der Waals surface area (Å²) in [5.74, 6) is -0.452. The van der Waals surface area contributed by atoms with Crippen LogP contribution in [0.1, 0.15) is 48.9 Å². The molecule has 8 heteroatoms. The van der Waals surface area contributed by atoms with Gasteiger partial charge in [0.15, 0.2) is 0 Å². The predicted molar refractivity (Wildman–Crippen MR) is 111 cm³/mol. The average Bonchev–Trinajstić information content (AvgIpc) is 3.46. The minimum atomic E-state index is -0.385. The van der Waals surface area contributed by atoms with E-state index in [2.05, 4.69) is 21.8 Å². The van der Waals surface area contributed by atoms with Gasteiger partial charge in [0, 0.05) is 12.6 Å². The largest absolute Gasteiger partial charge is 0.383 e. The zero-order valence-corrected chi connectivity index (χ0v) is 16.8. The van der Waals surface area contributed by atoms with E-state index in [1.807, 2.05) is 30.3 Å². The zero-order valence-electron chi connectivity index (χ0n) is 16.8. The second-order valence-corrected chi connectivity index (χ2v) is 8.27. The molecule has 2 aliphatic rings. The number of hydrogen-bond donors (Lipinski definition) is 3. The quantitative estimate of drug-likeness (QED) is 0.678. The van der Waals surface area contributed by atoms with E-state index in [1.165, 1.54) is 10.9 Å². The topological polar surface area (TPSA) is 126 Å². The van der Waals surface area contributed by atoms with Crippen LogP contribution in [0.3, 0.4) is 0 Å². The number of carbonyl (C=O) groups excluding carboxylic acids is 2. The Kier molecular flexibility index (Phi) is 5.44. The van der Waals surface area contributed by atoms with Gasteiger partial charge >= 0.3 is 0 Å². The van der Waals surface area contributed by atoms with Crippen molar-refractivity contribution in [2.45, 2.75) is 44.6 Å². The Morgan fingerprint density at radius 3 is 2.67 bits per heavy atom. The van der Waals surface area contributed by atoms with Crippen LogP contribution in [0.15, 0.2) is 36.5 Å². The van der Waals surface area contributed by atoms with E-state index in [-0.39, 0.29) is 35.0 Å². The van der Waals surface area contributed by atoms with Gasteiger partial charge in [-0.3, -0.25) is 9.59 Å². The summed E-state index contributed by atoms with van der Waals surface area (Å²) in [5.41, 5.74) is 6.87. The minimum absolute atomic E-state index is 0.0884. The summed E-state index contributed by atoms with van der Waals surface area (Å²) in [6.07, 6.45) is 6.48. The number of para-hydroxylation sites is 1. The molecule has 0 radical (unpaired) electrons. The van der Waals surface area contributed by atoms with Gasteiger partial charge < -0.3 is 16.4 Å². The number of benzene rings is 1. The highest BCUT2D eigenvalue weighted by Gasteiger charge is 2.44. The van der Waals surface area contributed by atoms with Crippen LogP contribution in [0, 0.1) is 22.7 Å². The molecule has 1 aromatic heterocycles. The van der Waals surface area contributed by atoms with E-state index in [9.17, 15) is 14.9 Å². The van der Waals surface area contributed by atoms with Crippen LogP contribution in [0.4, 0.5) is 5.82 Å². The molecular weight excluding hydrogens is 380 g/mol. The number of nitrogens with two attached hydrogens (primary N) is 1. The lowest BCUT2D eigenvalue weighted by molar-refractivity contribution is -0.126. The van der Waals surface area contributed by atoms with Crippen molar-refractivity contribution < 1.29 is 9.59 Å². The van der Waals surface area contributed by atoms with Crippen molar-refractivity contribution in [2.24, 2.45) is 11.3 Å². The Hall–Kier alpha value is -3.34. The zero-order chi connectivity index (χ0) is 21.1. The van der Waals surface area contributed by atoms with E-state index < -0.39 is 0 Å². The van der Waals surface area contributed by atoms with Crippen molar-refractivity contribution in [1.82, 2.24) is 20.4 Å². The third-order valence-corrected chi connectivity index (χ3v) is 6.16. The number of hydrogen-bond acceptors (Lipinski definition) is 5. The number of anilines is 1. The van der Waals surface area contributed by atoms with E-state index in [0.29, 0.717) is 12.1 Å². The molecule has 2 fully saturated rings. The third-order valence-electron chi connectivity index (χ3n) is 6.16. The molecule has 0 unspecified atom stereocenters. The van der Waals surface area contributed by atoms with Crippen LogP contribution in [0.2, 0.25) is 0 Å². The number of nitrogen functional groups attached to an aromatic ring is 1. The summed E-state index contributed by atoms with van der Waals surface area (Å²) in [6.45, 7) is 0.385. The van der Waals surface area contributed by atoms with Gasteiger partial charge in [0.25, 0.3) is 5.91 Å². The summed E-state index contributed by atoms with van der Waals surface area (Å²) in [6, 6.07) is 11.4. The highest BCUT2D eigenvalue weighted by Crippen LogP contribution is 2.44. The first kappa shape index (κ1) is 20.0. The maximum Gasteiger partial charge on any atom is 0.256 e. The first-order chi connectivity index (χ1) is 14.5. The summed E-state index contributed by atoms with van der Waals surface area (Å²) >= 11 is 0. The van der Waals surface area contributed by atoms with Crippen molar-refractivity contribution in [3.63, 3.8) is 0 Å². The third kappa shape index (κ3) is 4.01. The molecule has 1 heterocycles. The number of amides is 2. The first-order valence-electron chi connectivity index (χ1n) is 10.4. The van der Waals surface area contributed by atoms with Crippen LogP contribution < -0.4 is 16.4 Å². The lowest BCUT2D eigenvalue weighted by atomic mass is 9.83. The molecule has 156 valence electrons. The molecule has 8 nitrogen and oxygen atoms in total. The molecule has 0 saturated heterocycles. The molecule has 2 amide bonds. The smallest absolute Gasteiger partial charge is 0.256 e. The predicted octanol–water partition coefficient (Wildman–Crippen LogP) is 2.16. The van der Waals surface area contributed by atoms with E-state index >= 15 is 0 Å². The van der Waals surface area contributed by atoms with Crippen LogP contribution >= 0.6 is 0 Å². The molecular formula is C22H26N6O2. The fraction of sp³-hybridized carbons (Fsp3) is 0.455. The van der Waals surface area contributed by atoms with Crippen LogP contribution in [-0.2, 0) is 4.79 Å². The maximum absolute atomic E-state index is 12.9. The number of aromatic nitrogens is 2. The Labute approximate surface area is 175 Å². The molecule has 4 rings (SSSR count). The van der Waals surface area contributed by atoms with Gasteiger partial charge in [0.2, 0.25) is 5.91 Å². The molecule has 4 N–H and O–H groups in total. The van der Waals surface area contributed by atoms with Gasteiger partial charge in [-0.1, -0.05) is 31.0 Å². The molecule has 0 bridgehead atoms. The fourth-order valence-corrected chi connectivity index (χ4v) is 4.04.